The van der Waals surface area contributed by atoms with Gasteiger partial charge in [0.25, 0.3) is 21.6 Å². The largest absolute Gasteiger partial charge is 0.345 e. The highest BCUT2D eigenvalue weighted by atomic mass is 79.9. The van der Waals surface area contributed by atoms with E-state index in [0.29, 0.717) is 4.47 Å². The maximum Gasteiger partial charge on any atom is 0.289 e. The average Bonchev–Trinajstić information content (AvgIpc) is 2.83. The van der Waals surface area contributed by atoms with E-state index in [1.54, 1.807) is 13.2 Å². The van der Waals surface area contributed by atoms with Crippen LogP contribution in [-0.4, -0.2) is 23.8 Å². The van der Waals surface area contributed by atoms with E-state index in [4.69, 9.17) is 0 Å². The van der Waals surface area contributed by atoms with Crippen molar-refractivity contribution in [2.45, 2.75) is 4.90 Å². The summed E-state index contributed by atoms with van der Waals surface area (Å²) >= 11 is 3.19. The van der Waals surface area contributed by atoms with Gasteiger partial charge in [-0.05, 0) is 28.1 Å². The summed E-state index contributed by atoms with van der Waals surface area (Å²) in [6.45, 7) is 0. The monoisotopic (exact) mass is 402 g/mol. The lowest BCUT2D eigenvalue weighted by molar-refractivity contribution is -0.387. The molecule has 0 fully saturated rings. The van der Waals surface area contributed by atoms with Crippen LogP contribution in [0.15, 0.2) is 45.9 Å². The van der Waals surface area contributed by atoms with Crippen molar-refractivity contribution in [3.05, 3.63) is 56.8 Å². The lowest BCUT2D eigenvalue weighted by atomic mass is 10.3. The molecule has 0 saturated heterocycles. The van der Waals surface area contributed by atoms with Crippen molar-refractivity contribution in [3.63, 3.8) is 0 Å². The third-order valence-electron chi connectivity index (χ3n) is 2.85. The minimum atomic E-state index is -4.29. The van der Waals surface area contributed by atoms with Gasteiger partial charge in [-0.25, -0.2) is 8.42 Å². The number of nitro benzene ring substituents is 1. The molecule has 2 rings (SSSR count). The Labute approximate surface area is 139 Å². The molecule has 2 N–H and O–H groups in total. The number of nitro groups is 1. The topological polar surface area (TPSA) is 123 Å². The number of sulfonamides is 1. The van der Waals surface area contributed by atoms with Crippen LogP contribution in [0.5, 0.6) is 0 Å². The average molecular weight is 403 g/mol. The minimum Gasteiger partial charge on any atom is -0.345 e. The number of hydrogen-bond donors (Lipinski definition) is 2. The van der Waals surface area contributed by atoms with Gasteiger partial charge in [-0.2, -0.15) is 0 Å². The molecule has 1 amide bonds. The zero-order valence-electron chi connectivity index (χ0n) is 11.7. The first-order valence-electron chi connectivity index (χ1n) is 6.10. The van der Waals surface area contributed by atoms with E-state index in [1.165, 1.54) is 22.8 Å². The number of amides is 1. The molecule has 0 atom stereocenters. The number of nitrogens with zero attached hydrogens (tertiary/aromatic N) is 2. The Kier molecular flexibility index (Phi) is 4.82. The predicted octanol–water partition coefficient (Wildman–Crippen LogP) is 1.32. The fourth-order valence-corrected chi connectivity index (χ4v) is 3.35. The van der Waals surface area contributed by atoms with Crippen molar-refractivity contribution in [1.82, 2.24) is 14.8 Å². The van der Waals surface area contributed by atoms with Gasteiger partial charge in [-0.3, -0.25) is 20.3 Å². The van der Waals surface area contributed by atoms with Gasteiger partial charge in [0.15, 0.2) is 4.90 Å². The molecular formula is C12H11BrN4O5S. The molecule has 1 aromatic heterocycles. The van der Waals surface area contributed by atoms with Gasteiger partial charge < -0.3 is 4.57 Å². The molecule has 0 unspecified atom stereocenters. The van der Waals surface area contributed by atoms with Crippen LogP contribution in [0.2, 0.25) is 0 Å². The zero-order valence-corrected chi connectivity index (χ0v) is 14.1. The number of aromatic nitrogens is 1. The first-order chi connectivity index (χ1) is 10.7. The molecule has 0 spiro atoms. The SMILES string of the molecule is Cn1cc(Br)cc1C(=O)NNS(=O)(=O)c1ccccc1[N+](=O)[O-]. The summed E-state index contributed by atoms with van der Waals surface area (Å²) in [7, 11) is -2.68. The molecule has 122 valence electrons. The number of carbonyl (C=O) groups is 1. The van der Waals surface area contributed by atoms with Gasteiger partial charge in [0.2, 0.25) is 0 Å². The number of hydrazine groups is 1. The standard InChI is InChI=1S/C12H11BrN4O5S/c1-16-7-8(13)6-10(16)12(18)14-15-23(21,22)11-5-3-2-4-9(11)17(19)20/h2-7,15H,1H3,(H,14,18). The quantitative estimate of drug-likeness (QED) is 0.576. The third kappa shape index (κ3) is 3.75. The Morgan fingerprint density at radius 1 is 1.35 bits per heavy atom. The molecule has 0 saturated carbocycles. The van der Waals surface area contributed by atoms with E-state index >= 15 is 0 Å². The summed E-state index contributed by atoms with van der Waals surface area (Å²) < 4.78 is 26.4. The summed E-state index contributed by atoms with van der Waals surface area (Å²) in [5.41, 5.74) is 1.63. The van der Waals surface area contributed by atoms with Gasteiger partial charge in [-0.1, -0.05) is 12.1 Å². The Balaban J connectivity index is 2.21. The van der Waals surface area contributed by atoms with Crippen LogP contribution in [0.4, 0.5) is 5.69 Å². The van der Waals surface area contributed by atoms with Crippen LogP contribution in [0.3, 0.4) is 0 Å². The molecule has 9 nitrogen and oxygen atoms in total. The summed E-state index contributed by atoms with van der Waals surface area (Å²) in [6, 6.07) is 6.32. The summed E-state index contributed by atoms with van der Waals surface area (Å²) in [4.78, 5) is 23.3. The zero-order chi connectivity index (χ0) is 17.2. The number of aryl methyl sites for hydroxylation is 1. The number of hydrogen-bond acceptors (Lipinski definition) is 5. The van der Waals surface area contributed by atoms with Crippen molar-refractivity contribution in [3.8, 4) is 0 Å². The van der Waals surface area contributed by atoms with Crippen LogP contribution in [0.1, 0.15) is 10.5 Å². The maximum atomic E-state index is 12.1. The molecule has 2 aromatic rings. The Bertz CT molecular complexity index is 877. The number of halogens is 1. The molecule has 0 aliphatic rings. The van der Waals surface area contributed by atoms with Gasteiger partial charge in [-0.15, -0.1) is 4.83 Å². The van der Waals surface area contributed by atoms with Crippen LogP contribution < -0.4 is 10.3 Å². The Hall–Kier alpha value is -2.24. The second-order valence-corrected chi connectivity index (χ2v) is 7.01. The highest BCUT2D eigenvalue weighted by Crippen LogP contribution is 2.22. The summed E-state index contributed by atoms with van der Waals surface area (Å²) in [5.74, 6) is -0.708. The Morgan fingerprint density at radius 2 is 2.00 bits per heavy atom. The van der Waals surface area contributed by atoms with Gasteiger partial charge in [0.05, 0.1) is 4.92 Å². The molecule has 0 aliphatic carbocycles. The first kappa shape index (κ1) is 17.1. The van der Waals surface area contributed by atoms with Crippen molar-refractivity contribution < 1.29 is 18.1 Å². The lowest BCUT2D eigenvalue weighted by Crippen LogP contribution is -2.42. The summed E-state index contributed by atoms with van der Waals surface area (Å²) in [5, 5.41) is 10.9. The molecular weight excluding hydrogens is 392 g/mol. The number of benzene rings is 1. The number of rotatable bonds is 5. The summed E-state index contributed by atoms with van der Waals surface area (Å²) in [6.07, 6.45) is 1.62. The predicted molar refractivity (Wildman–Crippen MR) is 84.0 cm³/mol. The van der Waals surface area contributed by atoms with Crippen LogP contribution in [-0.2, 0) is 17.1 Å². The fourth-order valence-electron chi connectivity index (χ4n) is 1.82. The van der Waals surface area contributed by atoms with E-state index in [2.05, 4.69) is 15.9 Å². The van der Waals surface area contributed by atoms with Crippen LogP contribution >= 0.6 is 15.9 Å². The van der Waals surface area contributed by atoms with E-state index in [-0.39, 0.29) is 5.69 Å². The molecule has 11 heteroatoms. The highest BCUT2D eigenvalue weighted by molar-refractivity contribution is 9.10. The van der Waals surface area contributed by atoms with Crippen molar-refractivity contribution in [1.29, 1.82) is 0 Å². The first-order valence-corrected chi connectivity index (χ1v) is 8.37. The van der Waals surface area contributed by atoms with Gasteiger partial charge in [0.1, 0.15) is 5.69 Å². The minimum absolute atomic E-state index is 0.196. The maximum absolute atomic E-state index is 12.1. The molecule has 0 radical (unpaired) electrons. The number of nitrogens with one attached hydrogen (secondary N) is 2. The molecule has 1 heterocycles. The molecule has 1 aromatic carbocycles. The number of carbonyl (C=O) groups excluding carboxylic acids is 1. The van der Waals surface area contributed by atoms with Crippen LogP contribution in [0.25, 0.3) is 0 Å². The van der Waals surface area contributed by atoms with Crippen molar-refractivity contribution in [2.75, 3.05) is 0 Å². The second-order valence-electron chi connectivity index (χ2n) is 4.44. The molecule has 23 heavy (non-hydrogen) atoms. The van der Waals surface area contributed by atoms with Gasteiger partial charge >= 0.3 is 0 Å². The van der Waals surface area contributed by atoms with Crippen molar-refractivity contribution >= 4 is 37.5 Å². The Morgan fingerprint density at radius 3 is 2.57 bits per heavy atom. The number of para-hydroxylation sites is 1. The fraction of sp³-hybridized carbons (Fsp3) is 0.0833. The molecule has 0 aliphatic heterocycles. The molecule has 0 bridgehead atoms. The highest BCUT2D eigenvalue weighted by Gasteiger charge is 2.25. The van der Waals surface area contributed by atoms with Crippen LogP contribution in [0, 0.1) is 10.1 Å². The third-order valence-corrected chi connectivity index (χ3v) is 4.58. The lowest BCUT2D eigenvalue weighted by Gasteiger charge is -2.09. The van der Waals surface area contributed by atoms with Gasteiger partial charge in [0, 0.05) is 23.8 Å². The van der Waals surface area contributed by atoms with E-state index < -0.39 is 31.4 Å². The normalized spacial score (nSPS) is 11.2. The van der Waals surface area contributed by atoms with E-state index in [9.17, 15) is 23.3 Å². The second kappa shape index (κ2) is 6.48. The van der Waals surface area contributed by atoms with E-state index in [0.717, 1.165) is 12.1 Å². The van der Waals surface area contributed by atoms with Crippen molar-refractivity contribution in [2.24, 2.45) is 7.05 Å². The smallest absolute Gasteiger partial charge is 0.289 e. The van der Waals surface area contributed by atoms with E-state index in [1.807, 2.05) is 10.3 Å².